The van der Waals surface area contributed by atoms with Crippen molar-refractivity contribution in [3.63, 3.8) is 0 Å². The maximum absolute atomic E-state index is 5.98. The van der Waals surface area contributed by atoms with Crippen molar-refractivity contribution in [2.45, 2.75) is 32.7 Å². The van der Waals surface area contributed by atoms with E-state index in [0.29, 0.717) is 11.1 Å². The Morgan fingerprint density at radius 2 is 1.88 bits per heavy atom. The molecule has 1 saturated heterocycles. The highest BCUT2D eigenvalue weighted by molar-refractivity contribution is 6.30. The van der Waals surface area contributed by atoms with Crippen LogP contribution in [0.15, 0.2) is 72.8 Å². The van der Waals surface area contributed by atoms with Gasteiger partial charge in [-0.05, 0) is 57.0 Å². The molecule has 1 N–H and O–H groups in total. The fourth-order valence-electron chi connectivity index (χ4n) is 2.79. The van der Waals surface area contributed by atoms with Crippen LogP contribution in [0.2, 0.25) is 5.02 Å². The Hall–Kier alpha value is -2.13. The molecule has 0 saturated carbocycles. The van der Waals surface area contributed by atoms with Crippen molar-refractivity contribution < 1.29 is 4.74 Å². The quantitative estimate of drug-likeness (QED) is 0.530. The van der Waals surface area contributed by atoms with Crippen LogP contribution in [0.3, 0.4) is 0 Å². The molecule has 2 rings (SSSR count). The molecule has 1 aromatic rings. The van der Waals surface area contributed by atoms with Gasteiger partial charge in [0.15, 0.2) is 0 Å². The second-order valence-electron chi connectivity index (χ2n) is 6.26. The number of piperidine rings is 1. The second-order valence-corrected chi connectivity index (χ2v) is 6.70. The number of ether oxygens (including phenoxy) is 1. The van der Waals surface area contributed by atoms with Crippen LogP contribution in [-0.2, 0) is 0 Å². The van der Waals surface area contributed by atoms with Gasteiger partial charge in [0.2, 0.25) is 0 Å². The van der Waals surface area contributed by atoms with E-state index < -0.39 is 0 Å². The van der Waals surface area contributed by atoms with E-state index in [9.17, 15) is 0 Å². The summed E-state index contributed by atoms with van der Waals surface area (Å²) in [4.78, 5) is 2.33. The molecule has 0 atom stereocenters. The van der Waals surface area contributed by atoms with Crippen LogP contribution in [0, 0.1) is 0 Å². The van der Waals surface area contributed by atoms with E-state index in [2.05, 4.69) is 30.3 Å². The fraction of sp³-hybridized carbons (Fsp3) is 0.333. The molecule has 3 nitrogen and oxygen atoms in total. The highest BCUT2D eigenvalue weighted by Crippen LogP contribution is 2.20. The zero-order valence-corrected chi connectivity index (χ0v) is 15.9. The number of hydrogen-bond donors (Lipinski definition) is 1. The van der Waals surface area contributed by atoms with Gasteiger partial charge < -0.3 is 15.0 Å². The summed E-state index contributed by atoms with van der Waals surface area (Å²) in [6, 6.07) is 7.80. The van der Waals surface area contributed by atoms with E-state index in [1.807, 2.05) is 43.3 Å². The van der Waals surface area contributed by atoms with Crippen molar-refractivity contribution in [2.24, 2.45) is 0 Å². The second kappa shape index (κ2) is 9.38. The number of hydrogen-bond acceptors (Lipinski definition) is 3. The topological polar surface area (TPSA) is 24.5 Å². The predicted octanol–water partition coefficient (Wildman–Crippen LogP) is 5.28. The molecule has 0 aromatic heterocycles. The van der Waals surface area contributed by atoms with E-state index in [-0.39, 0.29) is 0 Å². The first-order valence-electron chi connectivity index (χ1n) is 8.60. The van der Waals surface area contributed by atoms with Crippen molar-refractivity contribution in [3.05, 3.63) is 77.8 Å². The number of likely N-dealkylation sites (tertiary alicyclic amines) is 1. The minimum absolute atomic E-state index is 0.420. The molecule has 1 aliphatic heterocycles. The van der Waals surface area contributed by atoms with Crippen molar-refractivity contribution >= 4 is 11.6 Å². The zero-order valence-electron chi connectivity index (χ0n) is 15.1. The Morgan fingerprint density at radius 3 is 2.44 bits per heavy atom. The number of allylic oxidation sites excluding steroid dienone is 5. The maximum atomic E-state index is 5.98. The number of rotatable bonds is 7. The molecule has 4 heteroatoms. The van der Waals surface area contributed by atoms with Gasteiger partial charge in [-0.3, -0.25) is 0 Å². The van der Waals surface area contributed by atoms with Crippen LogP contribution < -0.4 is 10.1 Å². The fourth-order valence-corrected chi connectivity index (χ4v) is 2.92. The summed E-state index contributed by atoms with van der Waals surface area (Å²) in [5, 5.41) is 4.32. The van der Waals surface area contributed by atoms with E-state index in [1.54, 1.807) is 6.08 Å². The summed E-state index contributed by atoms with van der Waals surface area (Å²) in [7, 11) is 0. The van der Waals surface area contributed by atoms with Crippen molar-refractivity contribution in [3.8, 4) is 5.75 Å². The van der Waals surface area contributed by atoms with Crippen LogP contribution in [0.5, 0.6) is 5.75 Å². The van der Waals surface area contributed by atoms with Crippen molar-refractivity contribution in [1.82, 2.24) is 10.2 Å². The summed E-state index contributed by atoms with van der Waals surface area (Å²) in [6.45, 7) is 13.9. The number of benzene rings is 1. The Balaban J connectivity index is 2.06. The normalized spacial score (nSPS) is 16.5. The molecule has 1 aliphatic rings. The highest BCUT2D eigenvalue weighted by atomic mass is 35.5. The monoisotopic (exact) mass is 358 g/mol. The van der Waals surface area contributed by atoms with Gasteiger partial charge in [0.1, 0.15) is 11.5 Å². The zero-order chi connectivity index (χ0) is 18.2. The van der Waals surface area contributed by atoms with Gasteiger partial charge in [-0.15, -0.1) is 0 Å². The van der Waals surface area contributed by atoms with Gasteiger partial charge >= 0.3 is 0 Å². The molecule has 134 valence electrons. The van der Waals surface area contributed by atoms with E-state index in [4.69, 9.17) is 16.3 Å². The third kappa shape index (κ3) is 6.02. The van der Waals surface area contributed by atoms with Gasteiger partial charge in [-0.1, -0.05) is 36.9 Å². The lowest BCUT2D eigenvalue weighted by Gasteiger charge is -2.34. The molecule has 0 aliphatic carbocycles. The largest absolute Gasteiger partial charge is 0.460 e. The summed E-state index contributed by atoms with van der Waals surface area (Å²) in [6.07, 6.45) is 7.84. The van der Waals surface area contributed by atoms with Gasteiger partial charge in [0.05, 0.1) is 5.70 Å². The third-order valence-electron chi connectivity index (χ3n) is 4.26. The lowest BCUT2D eigenvalue weighted by molar-refractivity contribution is 0.249. The Labute approximate surface area is 156 Å². The molecule has 0 radical (unpaired) electrons. The van der Waals surface area contributed by atoms with Gasteiger partial charge in [-0.25, -0.2) is 0 Å². The molecular weight excluding hydrogens is 332 g/mol. The summed E-state index contributed by atoms with van der Waals surface area (Å²) in [5.74, 6) is 1.59. The van der Waals surface area contributed by atoms with Crippen LogP contribution in [0.25, 0.3) is 0 Å². The maximum Gasteiger partial charge on any atom is 0.127 e. The Bertz CT molecular complexity index is 653. The van der Waals surface area contributed by atoms with Crippen LogP contribution in [0.1, 0.15) is 26.7 Å². The van der Waals surface area contributed by atoms with E-state index in [0.717, 1.165) is 48.8 Å². The lowest BCUT2D eigenvalue weighted by atomic mass is 10.0. The van der Waals surface area contributed by atoms with Gasteiger partial charge in [0.25, 0.3) is 0 Å². The van der Waals surface area contributed by atoms with Crippen LogP contribution in [-0.4, -0.2) is 24.0 Å². The van der Waals surface area contributed by atoms with Crippen molar-refractivity contribution in [2.75, 3.05) is 13.1 Å². The summed E-state index contributed by atoms with van der Waals surface area (Å²) >= 11 is 5.93. The minimum Gasteiger partial charge on any atom is -0.460 e. The predicted molar refractivity (Wildman–Crippen MR) is 107 cm³/mol. The first-order valence-corrected chi connectivity index (χ1v) is 8.97. The first kappa shape index (κ1) is 19.2. The first-order chi connectivity index (χ1) is 12.0. The Kier molecular flexibility index (Phi) is 7.20. The lowest BCUT2D eigenvalue weighted by Crippen LogP contribution is -2.41. The molecule has 0 bridgehead atoms. The smallest absolute Gasteiger partial charge is 0.127 e. The summed E-state index contributed by atoms with van der Waals surface area (Å²) < 4.78 is 5.98. The number of nitrogens with one attached hydrogen (secondary N) is 1. The molecule has 1 fully saturated rings. The molecule has 25 heavy (non-hydrogen) atoms. The highest BCUT2D eigenvalue weighted by Gasteiger charge is 2.19. The van der Waals surface area contributed by atoms with Crippen LogP contribution in [0.4, 0.5) is 0 Å². The molecular formula is C21H27ClN2O. The number of halogens is 1. The third-order valence-corrected chi connectivity index (χ3v) is 4.51. The van der Waals surface area contributed by atoms with Crippen LogP contribution >= 0.6 is 11.6 Å². The van der Waals surface area contributed by atoms with Crippen molar-refractivity contribution in [1.29, 1.82) is 0 Å². The minimum atomic E-state index is 0.420. The summed E-state index contributed by atoms with van der Waals surface area (Å²) in [5.41, 5.74) is 2.12. The molecule has 0 unspecified atom stereocenters. The molecule has 0 amide bonds. The molecule has 1 aromatic carbocycles. The molecule has 1 heterocycles. The average Bonchev–Trinajstić information content (AvgIpc) is 2.61. The van der Waals surface area contributed by atoms with E-state index in [1.165, 1.54) is 0 Å². The van der Waals surface area contributed by atoms with E-state index >= 15 is 0 Å². The Morgan fingerprint density at radius 1 is 1.24 bits per heavy atom. The van der Waals surface area contributed by atoms with Gasteiger partial charge in [-0.2, -0.15) is 0 Å². The standard InChI is InChI=1S/C21H27ClN2O/c1-5-6-7-21(17(4)25-20-10-8-18(22)9-11-20)23-19-12-14-24(15-13-19)16(2)3/h5-11,19,23H,1-2,12-15H2,3-4H3/b7-6-,21-17-. The number of nitrogens with zero attached hydrogens (tertiary/aromatic N) is 1. The molecule has 0 spiro atoms. The SMILES string of the molecule is C=C/C=C\C(NC1CCN(C(=C)C)CC1)=C(/C)Oc1ccc(Cl)cc1. The van der Waals surface area contributed by atoms with Gasteiger partial charge in [0, 0.05) is 29.9 Å². The average molecular weight is 359 g/mol.